The molecule has 0 aliphatic heterocycles. The largest absolute Gasteiger partial charge is 0.366 e. The Labute approximate surface area is 99.3 Å². The first-order valence-corrected chi connectivity index (χ1v) is 5.68. The Morgan fingerprint density at radius 1 is 1.12 bits per heavy atom. The molecule has 0 bridgehead atoms. The van der Waals surface area contributed by atoms with E-state index in [4.69, 9.17) is 0 Å². The Kier molecular flexibility index (Phi) is 2.57. The fourth-order valence-corrected chi connectivity index (χ4v) is 1.51. The van der Waals surface area contributed by atoms with Crippen molar-refractivity contribution in [3.05, 3.63) is 36.5 Å². The molecule has 1 heterocycles. The molecule has 5 nitrogen and oxygen atoms in total. The van der Waals surface area contributed by atoms with Gasteiger partial charge < -0.3 is 10.6 Å². The van der Waals surface area contributed by atoms with Gasteiger partial charge in [0, 0.05) is 11.7 Å². The molecular weight excluding hydrogens is 214 g/mol. The monoisotopic (exact) mass is 227 g/mol. The van der Waals surface area contributed by atoms with Gasteiger partial charge >= 0.3 is 0 Å². The Morgan fingerprint density at radius 2 is 1.94 bits per heavy atom. The molecule has 1 aliphatic carbocycles. The molecule has 0 unspecified atom stereocenters. The molecule has 1 aliphatic rings. The van der Waals surface area contributed by atoms with Gasteiger partial charge in [-0.3, -0.25) is 0 Å². The molecule has 2 N–H and O–H groups in total. The number of nitrogens with zero attached hydrogens (tertiary/aromatic N) is 3. The number of benzene rings is 1. The molecular formula is C12H13N5. The van der Waals surface area contributed by atoms with E-state index in [0.29, 0.717) is 12.0 Å². The van der Waals surface area contributed by atoms with E-state index in [2.05, 4.69) is 25.8 Å². The number of rotatable bonds is 4. The van der Waals surface area contributed by atoms with Crippen LogP contribution in [0.25, 0.3) is 0 Å². The first-order valence-electron chi connectivity index (χ1n) is 5.68. The van der Waals surface area contributed by atoms with Crippen LogP contribution in [0.2, 0.25) is 0 Å². The van der Waals surface area contributed by atoms with Crippen molar-refractivity contribution >= 4 is 17.5 Å². The third-order valence-electron chi connectivity index (χ3n) is 2.52. The van der Waals surface area contributed by atoms with Gasteiger partial charge in [0.1, 0.15) is 0 Å². The molecule has 86 valence electrons. The molecule has 1 fully saturated rings. The summed E-state index contributed by atoms with van der Waals surface area (Å²) >= 11 is 0. The van der Waals surface area contributed by atoms with E-state index in [-0.39, 0.29) is 0 Å². The Morgan fingerprint density at radius 3 is 2.71 bits per heavy atom. The van der Waals surface area contributed by atoms with Crippen molar-refractivity contribution in [2.24, 2.45) is 0 Å². The molecule has 0 radical (unpaired) electrons. The summed E-state index contributed by atoms with van der Waals surface area (Å²) in [5.74, 6) is 1.29. The van der Waals surface area contributed by atoms with E-state index < -0.39 is 0 Å². The average Bonchev–Trinajstić information content (AvgIpc) is 3.15. The highest BCUT2D eigenvalue weighted by molar-refractivity contribution is 5.53. The van der Waals surface area contributed by atoms with Crippen LogP contribution in [0.3, 0.4) is 0 Å². The van der Waals surface area contributed by atoms with E-state index in [0.717, 1.165) is 11.5 Å². The van der Waals surface area contributed by atoms with Gasteiger partial charge in [-0.2, -0.15) is 10.1 Å². The van der Waals surface area contributed by atoms with Crippen molar-refractivity contribution in [2.75, 3.05) is 10.6 Å². The zero-order valence-electron chi connectivity index (χ0n) is 9.30. The highest BCUT2D eigenvalue weighted by Gasteiger charge is 2.21. The van der Waals surface area contributed by atoms with Crippen molar-refractivity contribution in [3.63, 3.8) is 0 Å². The third kappa shape index (κ3) is 2.69. The van der Waals surface area contributed by atoms with Crippen molar-refractivity contribution in [3.8, 4) is 0 Å². The Balaban J connectivity index is 1.73. The van der Waals surface area contributed by atoms with Gasteiger partial charge in [-0.05, 0) is 25.0 Å². The second-order valence-corrected chi connectivity index (χ2v) is 4.07. The van der Waals surface area contributed by atoms with Gasteiger partial charge in [-0.15, -0.1) is 5.10 Å². The van der Waals surface area contributed by atoms with Crippen molar-refractivity contribution in [2.45, 2.75) is 18.9 Å². The molecule has 0 amide bonds. The topological polar surface area (TPSA) is 62.7 Å². The number of para-hydroxylation sites is 1. The first-order chi connectivity index (χ1) is 8.40. The van der Waals surface area contributed by atoms with Crippen LogP contribution in [-0.4, -0.2) is 21.2 Å². The van der Waals surface area contributed by atoms with Crippen LogP contribution in [-0.2, 0) is 0 Å². The second kappa shape index (κ2) is 4.37. The van der Waals surface area contributed by atoms with Crippen LogP contribution in [0.15, 0.2) is 36.5 Å². The van der Waals surface area contributed by atoms with E-state index in [1.54, 1.807) is 6.20 Å². The maximum Gasteiger partial charge on any atom is 0.249 e. The summed E-state index contributed by atoms with van der Waals surface area (Å²) in [6.07, 6.45) is 4.07. The van der Waals surface area contributed by atoms with E-state index in [1.807, 2.05) is 30.3 Å². The van der Waals surface area contributed by atoms with Crippen molar-refractivity contribution < 1.29 is 0 Å². The average molecular weight is 227 g/mol. The molecule has 17 heavy (non-hydrogen) atoms. The zero-order valence-corrected chi connectivity index (χ0v) is 9.30. The summed E-state index contributed by atoms with van der Waals surface area (Å²) in [6, 6.07) is 10.4. The van der Waals surface area contributed by atoms with Crippen LogP contribution in [0.1, 0.15) is 12.8 Å². The lowest BCUT2D eigenvalue weighted by molar-refractivity contribution is 0.965. The van der Waals surface area contributed by atoms with E-state index in [1.165, 1.54) is 12.8 Å². The molecule has 1 saturated carbocycles. The van der Waals surface area contributed by atoms with Crippen LogP contribution in [0.4, 0.5) is 17.5 Å². The Hall–Kier alpha value is -2.17. The lowest BCUT2D eigenvalue weighted by Crippen LogP contribution is -2.06. The molecule has 5 heteroatoms. The van der Waals surface area contributed by atoms with Gasteiger partial charge in [0.05, 0.1) is 6.20 Å². The number of hydrogen-bond donors (Lipinski definition) is 2. The number of hydrogen-bond acceptors (Lipinski definition) is 5. The molecule has 0 spiro atoms. The predicted molar refractivity (Wildman–Crippen MR) is 66.2 cm³/mol. The minimum Gasteiger partial charge on any atom is -0.366 e. The number of aromatic nitrogens is 3. The minimum atomic E-state index is 0.516. The van der Waals surface area contributed by atoms with E-state index >= 15 is 0 Å². The summed E-state index contributed by atoms with van der Waals surface area (Å²) in [4.78, 5) is 4.35. The molecule has 1 aromatic carbocycles. The molecule has 0 saturated heterocycles. The molecule has 3 rings (SSSR count). The lowest BCUT2D eigenvalue weighted by atomic mass is 10.3. The van der Waals surface area contributed by atoms with Gasteiger partial charge in [0.2, 0.25) is 5.95 Å². The number of nitrogens with one attached hydrogen (secondary N) is 2. The Bertz CT molecular complexity index is 495. The highest BCUT2D eigenvalue weighted by Crippen LogP contribution is 2.23. The molecule has 1 aromatic heterocycles. The highest BCUT2D eigenvalue weighted by atomic mass is 15.3. The van der Waals surface area contributed by atoms with Crippen molar-refractivity contribution in [1.82, 2.24) is 15.2 Å². The lowest BCUT2D eigenvalue weighted by Gasteiger charge is -2.06. The van der Waals surface area contributed by atoms with Crippen LogP contribution >= 0.6 is 0 Å². The summed E-state index contributed by atoms with van der Waals surface area (Å²) in [5.41, 5.74) is 0.956. The van der Waals surface area contributed by atoms with Gasteiger partial charge in [-0.25, -0.2) is 0 Å². The zero-order chi connectivity index (χ0) is 11.5. The second-order valence-electron chi connectivity index (χ2n) is 4.07. The van der Waals surface area contributed by atoms with Crippen LogP contribution < -0.4 is 10.6 Å². The van der Waals surface area contributed by atoms with Gasteiger partial charge in [0.25, 0.3) is 0 Å². The SMILES string of the molecule is c1ccc(Nc2nncc(NC3CC3)n2)cc1. The first kappa shape index (κ1) is 10.0. The molecule has 2 aromatic rings. The quantitative estimate of drug-likeness (QED) is 0.838. The summed E-state index contributed by atoms with van der Waals surface area (Å²) < 4.78 is 0. The van der Waals surface area contributed by atoms with Crippen LogP contribution in [0.5, 0.6) is 0 Å². The van der Waals surface area contributed by atoms with Crippen LogP contribution in [0, 0.1) is 0 Å². The van der Waals surface area contributed by atoms with Crippen molar-refractivity contribution in [1.29, 1.82) is 0 Å². The van der Waals surface area contributed by atoms with E-state index in [9.17, 15) is 0 Å². The molecule has 0 atom stereocenters. The third-order valence-corrected chi connectivity index (χ3v) is 2.52. The number of anilines is 3. The fourth-order valence-electron chi connectivity index (χ4n) is 1.51. The maximum atomic E-state index is 4.35. The smallest absolute Gasteiger partial charge is 0.249 e. The summed E-state index contributed by atoms with van der Waals surface area (Å²) in [7, 11) is 0. The summed E-state index contributed by atoms with van der Waals surface area (Å²) in [5, 5.41) is 14.3. The fraction of sp³-hybridized carbons (Fsp3) is 0.250. The predicted octanol–water partition coefficient (Wildman–Crippen LogP) is 2.19. The normalized spacial score (nSPS) is 14.4. The van der Waals surface area contributed by atoms with Gasteiger partial charge in [-0.1, -0.05) is 18.2 Å². The maximum absolute atomic E-state index is 4.35. The van der Waals surface area contributed by atoms with Gasteiger partial charge in [0.15, 0.2) is 5.82 Å². The summed E-state index contributed by atoms with van der Waals surface area (Å²) in [6.45, 7) is 0. The standard InChI is InChI=1S/C12H13N5/c1-2-4-9(5-3-1)15-12-16-11(8-13-17-12)14-10-6-7-10/h1-5,8,10H,6-7H2,(H2,14,15,16,17). The minimum absolute atomic E-state index is 0.516.